The molecule has 20 heavy (non-hydrogen) atoms. The molecule has 1 aliphatic rings. The number of amides is 1. The summed E-state index contributed by atoms with van der Waals surface area (Å²) in [4.78, 5) is 20.6. The van der Waals surface area contributed by atoms with Gasteiger partial charge >= 0.3 is 0 Å². The van der Waals surface area contributed by atoms with Crippen molar-refractivity contribution in [2.75, 3.05) is 6.54 Å². The molecule has 4 nitrogen and oxygen atoms in total. The normalized spacial score (nSPS) is 14.2. The van der Waals surface area contributed by atoms with Crippen LogP contribution in [0.15, 0.2) is 18.5 Å². The summed E-state index contributed by atoms with van der Waals surface area (Å²) in [6.07, 6.45) is 2.10. The van der Waals surface area contributed by atoms with Crippen LogP contribution in [0.3, 0.4) is 0 Å². The molecule has 1 aromatic carbocycles. The molecule has 0 spiro atoms. The molecule has 0 bridgehead atoms. The maximum atomic E-state index is 13.2. The third-order valence-electron chi connectivity index (χ3n) is 3.29. The highest BCUT2D eigenvalue weighted by molar-refractivity contribution is 5.94. The molecule has 0 saturated heterocycles. The Bertz CT molecular complexity index is 660. The maximum absolute atomic E-state index is 13.2. The molecule has 104 valence electrons. The number of nitrogens with one attached hydrogen (secondary N) is 1. The first-order valence-corrected chi connectivity index (χ1v) is 6.01. The molecule has 3 rings (SSSR count). The van der Waals surface area contributed by atoms with Crippen LogP contribution in [-0.2, 0) is 13.0 Å². The number of imidazole rings is 1. The van der Waals surface area contributed by atoms with Crippen LogP contribution < -0.4 is 0 Å². The van der Waals surface area contributed by atoms with E-state index in [1.165, 1.54) is 11.2 Å². The number of halogens is 3. The Kier molecular flexibility index (Phi) is 2.96. The van der Waals surface area contributed by atoms with Crippen molar-refractivity contribution in [3.05, 3.63) is 52.9 Å². The molecule has 0 fully saturated rings. The van der Waals surface area contributed by atoms with Crippen LogP contribution in [0.25, 0.3) is 0 Å². The van der Waals surface area contributed by atoms with E-state index in [2.05, 4.69) is 9.97 Å². The summed E-state index contributed by atoms with van der Waals surface area (Å²) in [5.41, 5.74) is 1.47. The molecule has 1 aliphatic heterocycles. The lowest BCUT2D eigenvalue weighted by Crippen LogP contribution is -2.36. The van der Waals surface area contributed by atoms with E-state index in [9.17, 15) is 18.0 Å². The van der Waals surface area contributed by atoms with Crippen LogP contribution >= 0.6 is 0 Å². The van der Waals surface area contributed by atoms with Crippen LogP contribution in [-0.4, -0.2) is 27.3 Å². The van der Waals surface area contributed by atoms with Crippen molar-refractivity contribution in [2.24, 2.45) is 0 Å². The lowest BCUT2D eigenvalue weighted by atomic mass is 10.1. The second-order valence-corrected chi connectivity index (χ2v) is 4.56. The van der Waals surface area contributed by atoms with Crippen molar-refractivity contribution in [2.45, 2.75) is 13.0 Å². The Morgan fingerprint density at radius 1 is 1.25 bits per heavy atom. The number of aromatic amines is 1. The van der Waals surface area contributed by atoms with Gasteiger partial charge in [-0.25, -0.2) is 18.2 Å². The Morgan fingerprint density at radius 2 is 1.95 bits per heavy atom. The van der Waals surface area contributed by atoms with Crippen molar-refractivity contribution in [1.29, 1.82) is 0 Å². The number of rotatable bonds is 1. The van der Waals surface area contributed by atoms with E-state index in [-0.39, 0.29) is 12.1 Å². The summed E-state index contributed by atoms with van der Waals surface area (Å²) >= 11 is 0. The predicted molar refractivity (Wildman–Crippen MR) is 63.3 cm³/mol. The molecular weight excluding hydrogens is 271 g/mol. The minimum atomic E-state index is -1.57. The number of carbonyl (C=O) groups is 1. The zero-order valence-electron chi connectivity index (χ0n) is 10.3. The standard InChI is InChI=1S/C13H10F3N3O/c14-8-3-7(4-9(15)12(8)16)13(20)19-2-1-10-11(5-19)18-6-17-10/h3-4,6H,1-2,5H2,(H,17,18). The van der Waals surface area contributed by atoms with E-state index in [0.29, 0.717) is 25.1 Å². The summed E-state index contributed by atoms with van der Waals surface area (Å²) in [6.45, 7) is 0.687. The number of fused-ring (bicyclic) bond motifs is 1. The van der Waals surface area contributed by atoms with Gasteiger partial charge in [0.1, 0.15) is 0 Å². The lowest BCUT2D eigenvalue weighted by molar-refractivity contribution is 0.0730. The van der Waals surface area contributed by atoms with Crippen molar-refractivity contribution < 1.29 is 18.0 Å². The first-order valence-electron chi connectivity index (χ1n) is 6.01. The molecule has 0 unspecified atom stereocenters. The van der Waals surface area contributed by atoms with Gasteiger partial charge in [0.2, 0.25) is 0 Å². The molecule has 0 radical (unpaired) electrons. The van der Waals surface area contributed by atoms with E-state index >= 15 is 0 Å². The summed E-state index contributed by atoms with van der Waals surface area (Å²) < 4.78 is 39.2. The molecule has 0 saturated carbocycles. The van der Waals surface area contributed by atoms with Crippen LogP contribution in [0.2, 0.25) is 0 Å². The SMILES string of the molecule is O=C(c1cc(F)c(F)c(F)c1)N1CCc2nc[nH]c2C1. The number of carbonyl (C=O) groups excluding carboxylic acids is 1. The van der Waals surface area contributed by atoms with Crippen LogP contribution in [0.5, 0.6) is 0 Å². The van der Waals surface area contributed by atoms with E-state index in [1.807, 2.05) is 0 Å². The smallest absolute Gasteiger partial charge is 0.254 e. The van der Waals surface area contributed by atoms with E-state index in [1.54, 1.807) is 0 Å². The third kappa shape index (κ3) is 2.04. The van der Waals surface area contributed by atoms with Crippen molar-refractivity contribution >= 4 is 5.91 Å². The predicted octanol–water partition coefficient (Wildman–Crippen LogP) is 2.03. The highest BCUT2D eigenvalue weighted by Gasteiger charge is 2.25. The van der Waals surface area contributed by atoms with E-state index in [0.717, 1.165) is 11.4 Å². The minimum absolute atomic E-state index is 0.204. The number of aromatic nitrogens is 2. The number of nitrogens with zero attached hydrogens (tertiary/aromatic N) is 2. The van der Waals surface area contributed by atoms with Gasteiger partial charge in [0.25, 0.3) is 5.91 Å². The van der Waals surface area contributed by atoms with Gasteiger partial charge in [-0.05, 0) is 12.1 Å². The Morgan fingerprint density at radius 3 is 2.65 bits per heavy atom. The molecule has 1 amide bonds. The fourth-order valence-electron chi connectivity index (χ4n) is 2.25. The van der Waals surface area contributed by atoms with Crippen molar-refractivity contribution in [3.63, 3.8) is 0 Å². The second-order valence-electron chi connectivity index (χ2n) is 4.56. The van der Waals surface area contributed by atoms with Gasteiger partial charge in [-0.1, -0.05) is 0 Å². The fourth-order valence-corrected chi connectivity index (χ4v) is 2.25. The van der Waals surface area contributed by atoms with Gasteiger partial charge in [-0.15, -0.1) is 0 Å². The average molecular weight is 281 g/mol. The number of hydrogen-bond donors (Lipinski definition) is 1. The van der Waals surface area contributed by atoms with Crippen LogP contribution in [0, 0.1) is 17.5 Å². The molecule has 2 aromatic rings. The first-order chi connectivity index (χ1) is 9.56. The van der Waals surface area contributed by atoms with E-state index in [4.69, 9.17) is 0 Å². The highest BCUT2D eigenvalue weighted by Crippen LogP contribution is 2.19. The van der Waals surface area contributed by atoms with Gasteiger partial charge in [0, 0.05) is 18.5 Å². The van der Waals surface area contributed by atoms with Crippen molar-refractivity contribution in [3.8, 4) is 0 Å². The molecule has 0 aliphatic carbocycles. The Labute approximate surface area is 112 Å². The largest absolute Gasteiger partial charge is 0.347 e. The highest BCUT2D eigenvalue weighted by atomic mass is 19.2. The lowest BCUT2D eigenvalue weighted by Gasteiger charge is -2.26. The van der Waals surface area contributed by atoms with Crippen molar-refractivity contribution in [1.82, 2.24) is 14.9 Å². The number of H-pyrrole nitrogens is 1. The quantitative estimate of drug-likeness (QED) is 0.813. The Hall–Kier alpha value is -2.31. The topological polar surface area (TPSA) is 49.0 Å². The maximum Gasteiger partial charge on any atom is 0.254 e. The molecule has 1 N–H and O–H groups in total. The van der Waals surface area contributed by atoms with Gasteiger partial charge in [0.15, 0.2) is 17.5 Å². The minimum Gasteiger partial charge on any atom is -0.347 e. The summed E-state index contributed by atoms with van der Waals surface area (Å²) in [6, 6.07) is 1.42. The van der Waals surface area contributed by atoms with E-state index < -0.39 is 23.4 Å². The molecule has 0 atom stereocenters. The molecule has 1 aromatic heterocycles. The third-order valence-corrected chi connectivity index (χ3v) is 3.29. The second kappa shape index (κ2) is 4.66. The average Bonchev–Trinajstić information content (AvgIpc) is 2.90. The molecule has 7 heteroatoms. The first kappa shape index (κ1) is 12.7. The van der Waals surface area contributed by atoms with Crippen LogP contribution in [0.1, 0.15) is 21.7 Å². The fraction of sp³-hybridized carbons (Fsp3) is 0.231. The zero-order chi connectivity index (χ0) is 14.3. The molecule has 2 heterocycles. The summed E-state index contributed by atoms with van der Waals surface area (Å²) in [7, 11) is 0. The van der Waals surface area contributed by atoms with Crippen LogP contribution in [0.4, 0.5) is 13.2 Å². The number of benzene rings is 1. The zero-order valence-corrected chi connectivity index (χ0v) is 10.3. The molecular formula is C13H10F3N3O. The van der Waals surface area contributed by atoms with Gasteiger partial charge in [-0.2, -0.15) is 0 Å². The van der Waals surface area contributed by atoms with Gasteiger partial charge < -0.3 is 9.88 Å². The van der Waals surface area contributed by atoms with Gasteiger partial charge in [-0.3, -0.25) is 4.79 Å². The van der Waals surface area contributed by atoms with Gasteiger partial charge in [0.05, 0.1) is 24.3 Å². The summed E-state index contributed by atoms with van der Waals surface area (Å²) in [5, 5.41) is 0. The number of hydrogen-bond acceptors (Lipinski definition) is 2. The summed E-state index contributed by atoms with van der Waals surface area (Å²) in [5.74, 6) is -4.85. The monoisotopic (exact) mass is 281 g/mol. The Balaban J connectivity index is 1.87.